The highest BCUT2D eigenvalue weighted by atomic mass is 79.9. The highest BCUT2D eigenvalue weighted by molar-refractivity contribution is 9.10. The van der Waals surface area contributed by atoms with Gasteiger partial charge in [0.05, 0.1) is 4.47 Å². The standard InChI is InChI=1S/C15H10BrFN2O/c16-12-5-4-9(8-13(12)17)19-15(20)11-2-1-3-14-10(11)6-7-18-14/h1-8,18H,(H,19,20). The van der Waals surface area contributed by atoms with E-state index in [0.717, 1.165) is 10.9 Å². The average Bonchev–Trinajstić information content (AvgIpc) is 2.91. The summed E-state index contributed by atoms with van der Waals surface area (Å²) >= 11 is 3.08. The van der Waals surface area contributed by atoms with Gasteiger partial charge in [-0.2, -0.15) is 0 Å². The van der Waals surface area contributed by atoms with Crippen LogP contribution in [0.1, 0.15) is 10.4 Å². The number of fused-ring (bicyclic) bond motifs is 1. The van der Waals surface area contributed by atoms with Gasteiger partial charge < -0.3 is 10.3 Å². The van der Waals surface area contributed by atoms with Gasteiger partial charge in [0.15, 0.2) is 0 Å². The number of H-pyrrole nitrogens is 1. The molecule has 0 saturated carbocycles. The minimum atomic E-state index is -0.414. The number of aromatic amines is 1. The molecule has 3 nitrogen and oxygen atoms in total. The van der Waals surface area contributed by atoms with Crippen molar-refractivity contribution in [2.24, 2.45) is 0 Å². The molecule has 1 heterocycles. The Balaban J connectivity index is 1.93. The van der Waals surface area contributed by atoms with Gasteiger partial charge in [-0.25, -0.2) is 4.39 Å². The van der Waals surface area contributed by atoms with Gasteiger partial charge in [-0.1, -0.05) is 6.07 Å². The molecule has 0 radical (unpaired) electrons. The molecule has 3 aromatic rings. The molecule has 0 unspecified atom stereocenters. The second-order valence-electron chi connectivity index (χ2n) is 4.33. The summed E-state index contributed by atoms with van der Waals surface area (Å²) in [5.41, 5.74) is 1.86. The summed E-state index contributed by atoms with van der Waals surface area (Å²) in [7, 11) is 0. The zero-order valence-electron chi connectivity index (χ0n) is 10.3. The summed E-state index contributed by atoms with van der Waals surface area (Å²) < 4.78 is 13.8. The van der Waals surface area contributed by atoms with Gasteiger partial charge in [-0.05, 0) is 52.3 Å². The Bertz CT molecular complexity index is 797. The molecule has 0 aliphatic heterocycles. The zero-order valence-corrected chi connectivity index (χ0v) is 11.9. The molecule has 2 aromatic carbocycles. The lowest BCUT2D eigenvalue weighted by Gasteiger charge is -2.07. The van der Waals surface area contributed by atoms with Crippen LogP contribution in [-0.2, 0) is 0 Å². The number of amides is 1. The van der Waals surface area contributed by atoms with Crippen LogP contribution < -0.4 is 5.32 Å². The number of hydrogen-bond acceptors (Lipinski definition) is 1. The first-order chi connectivity index (χ1) is 9.65. The van der Waals surface area contributed by atoms with E-state index in [4.69, 9.17) is 0 Å². The van der Waals surface area contributed by atoms with Gasteiger partial charge in [0.2, 0.25) is 0 Å². The van der Waals surface area contributed by atoms with Gasteiger partial charge in [0, 0.05) is 28.4 Å². The van der Waals surface area contributed by atoms with Crippen molar-refractivity contribution in [2.45, 2.75) is 0 Å². The molecule has 0 atom stereocenters. The number of aromatic nitrogens is 1. The third-order valence-corrected chi connectivity index (χ3v) is 3.66. The minimum absolute atomic E-state index is 0.267. The predicted molar refractivity (Wildman–Crippen MR) is 80.4 cm³/mol. The van der Waals surface area contributed by atoms with Gasteiger partial charge in [-0.15, -0.1) is 0 Å². The monoisotopic (exact) mass is 332 g/mol. The lowest BCUT2D eigenvalue weighted by Crippen LogP contribution is -2.12. The Hall–Kier alpha value is -2.14. The van der Waals surface area contributed by atoms with Crippen LogP contribution in [0.25, 0.3) is 10.9 Å². The van der Waals surface area contributed by atoms with E-state index in [9.17, 15) is 9.18 Å². The van der Waals surface area contributed by atoms with Crippen LogP contribution in [0, 0.1) is 5.82 Å². The molecule has 0 fully saturated rings. The number of benzene rings is 2. The van der Waals surface area contributed by atoms with Crippen molar-refractivity contribution in [3.8, 4) is 0 Å². The van der Waals surface area contributed by atoms with E-state index in [1.807, 2.05) is 12.1 Å². The van der Waals surface area contributed by atoms with Crippen molar-refractivity contribution < 1.29 is 9.18 Å². The van der Waals surface area contributed by atoms with E-state index in [-0.39, 0.29) is 5.91 Å². The maximum atomic E-state index is 13.4. The van der Waals surface area contributed by atoms with E-state index in [1.54, 1.807) is 30.5 Å². The summed E-state index contributed by atoms with van der Waals surface area (Å²) in [5, 5.41) is 3.53. The second-order valence-corrected chi connectivity index (χ2v) is 5.18. The van der Waals surface area contributed by atoms with Crippen LogP contribution in [0.3, 0.4) is 0 Å². The number of halogens is 2. The Kier molecular flexibility index (Phi) is 3.28. The highest BCUT2D eigenvalue weighted by Gasteiger charge is 2.11. The van der Waals surface area contributed by atoms with E-state index in [0.29, 0.717) is 15.7 Å². The van der Waals surface area contributed by atoms with Gasteiger partial charge in [-0.3, -0.25) is 4.79 Å². The zero-order chi connectivity index (χ0) is 14.1. The summed E-state index contributed by atoms with van der Waals surface area (Å²) in [5.74, 6) is -0.681. The highest BCUT2D eigenvalue weighted by Crippen LogP contribution is 2.22. The Morgan fingerprint density at radius 1 is 1.20 bits per heavy atom. The van der Waals surface area contributed by atoms with Crippen LogP contribution in [0.4, 0.5) is 10.1 Å². The van der Waals surface area contributed by atoms with Crippen molar-refractivity contribution in [1.29, 1.82) is 0 Å². The number of hydrogen-bond donors (Lipinski definition) is 2. The Morgan fingerprint density at radius 2 is 2.05 bits per heavy atom. The van der Waals surface area contributed by atoms with Crippen LogP contribution >= 0.6 is 15.9 Å². The fraction of sp³-hybridized carbons (Fsp3) is 0. The minimum Gasteiger partial charge on any atom is -0.361 e. The molecule has 0 saturated heterocycles. The Labute approximate surface area is 122 Å². The molecule has 100 valence electrons. The van der Waals surface area contributed by atoms with E-state index in [1.165, 1.54) is 6.07 Å². The summed E-state index contributed by atoms with van der Waals surface area (Å²) in [6.07, 6.45) is 1.78. The molecule has 0 bridgehead atoms. The molecular weight excluding hydrogens is 323 g/mol. The third-order valence-electron chi connectivity index (χ3n) is 3.02. The van der Waals surface area contributed by atoms with E-state index < -0.39 is 5.82 Å². The van der Waals surface area contributed by atoms with Crippen molar-refractivity contribution in [3.63, 3.8) is 0 Å². The molecule has 1 aromatic heterocycles. The first-order valence-corrected chi connectivity index (χ1v) is 6.77. The smallest absolute Gasteiger partial charge is 0.256 e. The summed E-state index contributed by atoms with van der Waals surface area (Å²) in [6, 6.07) is 11.7. The largest absolute Gasteiger partial charge is 0.361 e. The number of rotatable bonds is 2. The van der Waals surface area contributed by atoms with Gasteiger partial charge in [0.1, 0.15) is 5.82 Å². The number of anilines is 1. The van der Waals surface area contributed by atoms with Crippen LogP contribution in [0.15, 0.2) is 53.1 Å². The molecule has 0 spiro atoms. The molecule has 20 heavy (non-hydrogen) atoms. The molecule has 2 N–H and O–H groups in total. The average molecular weight is 333 g/mol. The molecule has 5 heteroatoms. The van der Waals surface area contributed by atoms with Crippen molar-refractivity contribution in [1.82, 2.24) is 4.98 Å². The second kappa shape index (κ2) is 5.09. The summed E-state index contributed by atoms with van der Waals surface area (Å²) in [4.78, 5) is 15.3. The van der Waals surface area contributed by atoms with Crippen LogP contribution in [0.5, 0.6) is 0 Å². The van der Waals surface area contributed by atoms with E-state index in [2.05, 4.69) is 26.2 Å². The number of carbonyl (C=O) groups is 1. The summed E-state index contributed by atoms with van der Waals surface area (Å²) in [6.45, 7) is 0. The molecular formula is C15H10BrFN2O. The lowest BCUT2D eigenvalue weighted by atomic mass is 10.1. The van der Waals surface area contributed by atoms with Crippen LogP contribution in [-0.4, -0.2) is 10.9 Å². The van der Waals surface area contributed by atoms with Gasteiger partial charge >= 0.3 is 0 Å². The fourth-order valence-corrected chi connectivity index (χ4v) is 2.30. The fourth-order valence-electron chi connectivity index (χ4n) is 2.06. The number of carbonyl (C=O) groups excluding carboxylic acids is 1. The van der Waals surface area contributed by atoms with Crippen molar-refractivity contribution >= 4 is 38.4 Å². The first kappa shape index (κ1) is 12.9. The SMILES string of the molecule is O=C(Nc1ccc(Br)c(F)c1)c1cccc2[nH]ccc12. The maximum absolute atomic E-state index is 13.4. The van der Waals surface area contributed by atoms with E-state index >= 15 is 0 Å². The molecule has 3 rings (SSSR count). The van der Waals surface area contributed by atoms with Crippen molar-refractivity contribution in [3.05, 3.63) is 64.5 Å². The predicted octanol–water partition coefficient (Wildman–Crippen LogP) is 4.32. The molecule has 0 aliphatic carbocycles. The number of nitrogens with one attached hydrogen (secondary N) is 2. The lowest BCUT2D eigenvalue weighted by molar-refractivity contribution is 0.102. The molecule has 0 aliphatic rings. The van der Waals surface area contributed by atoms with Gasteiger partial charge in [0.25, 0.3) is 5.91 Å². The third kappa shape index (κ3) is 2.32. The Morgan fingerprint density at radius 3 is 2.85 bits per heavy atom. The van der Waals surface area contributed by atoms with Crippen LogP contribution in [0.2, 0.25) is 0 Å². The molecule has 1 amide bonds. The van der Waals surface area contributed by atoms with Crippen molar-refractivity contribution in [2.75, 3.05) is 5.32 Å². The first-order valence-electron chi connectivity index (χ1n) is 5.97. The quantitative estimate of drug-likeness (QED) is 0.721. The topological polar surface area (TPSA) is 44.9 Å². The normalized spacial score (nSPS) is 10.7. The maximum Gasteiger partial charge on any atom is 0.256 e.